The highest BCUT2D eigenvalue weighted by Crippen LogP contribution is 2.34. The first-order valence-electron chi connectivity index (χ1n) is 8.62. The van der Waals surface area contributed by atoms with Gasteiger partial charge < -0.3 is 15.4 Å². The second kappa shape index (κ2) is 7.09. The molecule has 1 saturated heterocycles. The van der Waals surface area contributed by atoms with Gasteiger partial charge in [-0.2, -0.15) is 4.98 Å². The SMILES string of the molecule is CC(=O)c1ccc(Oc2nc(C)nc(N3CCCC(C)C3)c2N)cc1. The molecule has 25 heavy (non-hydrogen) atoms. The number of aromatic nitrogens is 2. The van der Waals surface area contributed by atoms with Crippen molar-refractivity contribution in [3.63, 3.8) is 0 Å². The highest BCUT2D eigenvalue weighted by molar-refractivity contribution is 5.94. The van der Waals surface area contributed by atoms with E-state index in [1.165, 1.54) is 13.3 Å². The molecule has 1 aliphatic rings. The summed E-state index contributed by atoms with van der Waals surface area (Å²) in [5.74, 6) is 2.95. The smallest absolute Gasteiger partial charge is 0.248 e. The first kappa shape index (κ1) is 17.2. The lowest BCUT2D eigenvalue weighted by atomic mass is 10.0. The number of hydrogen-bond donors (Lipinski definition) is 1. The molecule has 1 aromatic heterocycles. The highest BCUT2D eigenvalue weighted by atomic mass is 16.5. The molecule has 2 aromatic rings. The number of carbonyl (C=O) groups is 1. The topological polar surface area (TPSA) is 81.3 Å². The van der Waals surface area contributed by atoms with Gasteiger partial charge in [-0.1, -0.05) is 6.92 Å². The van der Waals surface area contributed by atoms with E-state index in [4.69, 9.17) is 10.5 Å². The van der Waals surface area contributed by atoms with Crippen molar-refractivity contribution < 1.29 is 9.53 Å². The number of piperidine rings is 1. The first-order valence-corrected chi connectivity index (χ1v) is 8.62. The van der Waals surface area contributed by atoms with Crippen LogP contribution >= 0.6 is 0 Å². The molecular formula is C19H24N4O2. The van der Waals surface area contributed by atoms with Crippen molar-refractivity contribution in [2.24, 2.45) is 5.92 Å². The molecule has 3 rings (SSSR count). The van der Waals surface area contributed by atoms with Crippen LogP contribution in [0.5, 0.6) is 11.6 Å². The van der Waals surface area contributed by atoms with Crippen LogP contribution in [-0.4, -0.2) is 28.8 Å². The first-order chi connectivity index (χ1) is 11.9. The molecule has 132 valence electrons. The Balaban J connectivity index is 1.87. The summed E-state index contributed by atoms with van der Waals surface area (Å²) in [4.78, 5) is 22.5. The maximum Gasteiger partial charge on any atom is 0.248 e. The fourth-order valence-electron chi connectivity index (χ4n) is 3.11. The second-order valence-electron chi connectivity index (χ2n) is 6.69. The van der Waals surface area contributed by atoms with E-state index in [1.807, 2.05) is 6.92 Å². The van der Waals surface area contributed by atoms with Crippen molar-refractivity contribution in [2.45, 2.75) is 33.6 Å². The van der Waals surface area contributed by atoms with Crippen molar-refractivity contribution in [3.8, 4) is 11.6 Å². The Morgan fingerprint density at radius 3 is 2.64 bits per heavy atom. The Morgan fingerprint density at radius 1 is 1.28 bits per heavy atom. The number of benzene rings is 1. The summed E-state index contributed by atoms with van der Waals surface area (Å²) in [5.41, 5.74) is 7.40. The predicted molar refractivity (Wildman–Crippen MR) is 98.3 cm³/mol. The zero-order valence-electron chi connectivity index (χ0n) is 15.0. The van der Waals surface area contributed by atoms with Crippen LogP contribution in [0.15, 0.2) is 24.3 Å². The Morgan fingerprint density at radius 2 is 2.00 bits per heavy atom. The summed E-state index contributed by atoms with van der Waals surface area (Å²) >= 11 is 0. The lowest BCUT2D eigenvalue weighted by Gasteiger charge is -2.32. The van der Waals surface area contributed by atoms with Crippen molar-refractivity contribution in [1.82, 2.24) is 9.97 Å². The molecule has 2 heterocycles. The van der Waals surface area contributed by atoms with Gasteiger partial charge >= 0.3 is 0 Å². The minimum Gasteiger partial charge on any atom is -0.437 e. The normalized spacial score (nSPS) is 17.4. The lowest BCUT2D eigenvalue weighted by Crippen LogP contribution is -2.35. The zero-order chi connectivity index (χ0) is 18.0. The number of carbonyl (C=O) groups excluding carboxylic acids is 1. The third-order valence-corrected chi connectivity index (χ3v) is 4.43. The van der Waals surface area contributed by atoms with Crippen LogP contribution in [0, 0.1) is 12.8 Å². The zero-order valence-corrected chi connectivity index (χ0v) is 15.0. The molecule has 1 aromatic carbocycles. The Bertz CT molecular complexity index is 774. The van der Waals surface area contributed by atoms with Crippen LogP contribution in [-0.2, 0) is 0 Å². The van der Waals surface area contributed by atoms with Crippen LogP contribution in [0.1, 0.15) is 42.9 Å². The van der Waals surface area contributed by atoms with Gasteiger partial charge in [0.15, 0.2) is 11.6 Å². The molecule has 1 atom stereocenters. The molecule has 0 saturated carbocycles. The number of aryl methyl sites for hydroxylation is 1. The summed E-state index contributed by atoms with van der Waals surface area (Å²) in [7, 11) is 0. The van der Waals surface area contributed by atoms with Crippen LogP contribution in [0.2, 0.25) is 0 Å². The van der Waals surface area contributed by atoms with E-state index in [9.17, 15) is 4.79 Å². The van der Waals surface area contributed by atoms with Crippen LogP contribution < -0.4 is 15.4 Å². The summed E-state index contributed by atoms with van der Waals surface area (Å²) in [6, 6.07) is 6.96. The molecule has 1 unspecified atom stereocenters. The molecule has 0 aliphatic carbocycles. The molecule has 0 amide bonds. The van der Waals surface area contributed by atoms with Gasteiger partial charge in [-0.25, -0.2) is 4.98 Å². The van der Waals surface area contributed by atoms with Crippen molar-refractivity contribution in [2.75, 3.05) is 23.7 Å². The third kappa shape index (κ3) is 3.90. The monoisotopic (exact) mass is 340 g/mol. The fourth-order valence-corrected chi connectivity index (χ4v) is 3.11. The number of nitrogens with two attached hydrogens (primary N) is 1. The average Bonchev–Trinajstić information content (AvgIpc) is 2.58. The number of ether oxygens (including phenoxy) is 1. The van der Waals surface area contributed by atoms with E-state index >= 15 is 0 Å². The minimum atomic E-state index is 0.0189. The molecule has 0 spiro atoms. The summed E-state index contributed by atoms with van der Waals surface area (Å²) in [5, 5.41) is 0. The maximum absolute atomic E-state index is 11.4. The largest absolute Gasteiger partial charge is 0.437 e. The number of Topliss-reactive ketones (excluding diaryl/α,β-unsaturated/α-hetero) is 1. The molecule has 1 aliphatic heterocycles. The van der Waals surface area contributed by atoms with E-state index in [-0.39, 0.29) is 5.78 Å². The van der Waals surface area contributed by atoms with Gasteiger partial charge in [-0.15, -0.1) is 0 Å². The number of nitrogens with zero attached hydrogens (tertiary/aromatic N) is 3. The number of nitrogen functional groups attached to an aromatic ring is 1. The third-order valence-electron chi connectivity index (χ3n) is 4.43. The average molecular weight is 340 g/mol. The summed E-state index contributed by atoms with van der Waals surface area (Å²) in [6.45, 7) is 7.49. The van der Waals surface area contributed by atoms with E-state index in [0.29, 0.717) is 34.6 Å². The van der Waals surface area contributed by atoms with Crippen LogP contribution in [0.25, 0.3) is 0 Å². The Hall–Kier alpha value is -2.63. The highest BCUT2D eigenvalue weighted by Gasteiger charge is 2.22. The molecule has 0 bridgehead atoms. The minimum absolute atomic E-state index is 0.0189. The summed E-state index contributed by atoms with van der Waals surface area (Å²) < 4.78 is 5.87. The quantitative estimate of drug-likeness (QED) is 0.857. The maximum atomic E-state index is 11.4. The van der Waals surface area contributed by atoms with Gasteiger partial charge in [0.25, 0.3) is 0 Å². The predicted octanol–water partition coefficient (Wildman–Crippen LogP) is 3.60. The number of hydrogen-bond acceptors (Lipinski definition) is 6. The van der Waals surface area contributed by atoms with E-state index < -0.39 is 0 Å². The van der Waals surface area contributed by atoms with E-state index in [2.05, 4.69) is 21.8 Å². The van der Waals surface area contributed by atoms with Gasteiger partial charge in [0.1, 0.15) is 17.3 Å². The summed E-state index contributed by atoms with van der Waals surface area (Å²) in [6.07, 6.45) is 2.36. The van der Waals surface area contributed by atoms with Gasteiger partial charge in [0.05, 0.1) is 0 Å². The lowest BCUT2D eigenvalue weighted by molar-refractivity contribution is 0.101. The Kier molecular flexibility index (Phi) is 4.88. The van der Waals surface area contributed by atoms with Crippen molar-refractivity contribution >= 4 is 17.3 Å². The fraction of sp³-hybridized carbons (Fsp3) is 0.421. The van der Waals surface area contributed by atoms with Gasteiger partial charge in [0.2, 0.25) is 5.88 Å². The number of ketones is 1. The van der Waals surface area contributed by atoms with E-state index in [0.717, 1.165) is 25.3 Å². The molecule has 0 radical (unpaired) electrons. The number of anilines is 2. The number of rotatable bonds is 4. The van der Waals surface area contributed by atoms with E-state index in [1.54, 1.807) is 24.3 Å². The van der Waals surface area contributed by atoms with Crippen LogP contribution in [0.4, 0.5) is 11.5 Å². The Labute approximate surface area is 148 Å². The van der Waals surface area contributed by atoms with Crippen molar-refractivity contribution in [1.29, 1.82) is 0 Å². The molecule has 2 N–H and O–H groups in total. The van der Waals surface area contributed by atoms with Gasteiger partial charge in [0, 0.05) is 18.7 Å². The van der Waals surface area contributed by atoms with Crippen molar-refractivity contribution in [3.05, 3.63) is 35.7 Å². The van der Waals surface area contributed by atoms with Gasteiger partial charge in [-0.3, -0.25) is 4.79 Å². The van der Waals surface area contributed by atoms with Gasteiger partial charge in [-0.05, 0) is 56.9 Å². The van der Waals surface area contributed by atoms with Crippen LogP contribution in [0.3, 0.4) is 0 Å². The molecule has 1 fully saturated rings. The molecular weight excluding hydrogens is 316 g/mol. The second-order valence-corrected chi connectivity index (χ2v) is 6.69. The standard InChI is InChI=1S/C19H24N4O2/c1-12-5-4-10-23(11-12)18-17(20)19(22-14(3)21-18)25-16-8-6-15(7-9-16)13(2)24/h6-9,12H,4-5,10-11,20H2,1-3H3. The molecule has 6 heteroatoms. The molecule has 6 nitrogen and oxygen atoms in total.